The second-order valence-corrected chi connectivity index (χ2v) is 5.58. The van der Waals surface area contributed by atoms with E-state index in [9.17, 15) is 9.90 Å². The van der Waals surface area contributed by atoms with E-state index in [0.717, 1.165) is 10.8 Å². The molecule has 3 aromatic rings. The van der Waals surface area contributed by atoms with Gasteiger partial charge in [0.15, 0.2) is 0 Å². The van der Waals surface area contributed by atoms with Crippen molar-refractivity contribution in [2.24, 2.45) is 0 Å². The molecule has 3 aromatic carbocycles. The zero-order valence-corrected chi connectivity index (χ0v) is 12.8. The average molecular weight is 332 g/mol. The third kappa shape index (κ3) is 2.73. The summed E-state index contributed by atoms with van der Waals surface area (Å²) in [6, 6.07) is 15.4. The minimum absolute atomic E-state index is 0.00658. The topological polar surface area (TPSA) is 49.3 Å². The molecule has 0 aromatic heterocycles. The molecule has 0 spiro atoms. The highest BCUT2D eigenvalue weighted by Gasteiger charge is 2.13. The van der Waals surface area contributed by atoms with Crippen LogP contribution in [-0.2, 0) is 0 Å². The number of halogens is 2. The Balaban J connectivity index is 2.00. The van der Waals surface area contributed by atoms with Gasteiger partial charge in [-0.3, -0.25) is 4.79 Å². The summed E-state index contributed by atoms with van der Waals surface area (Å²) in [5.41, 5.74) is 0.732. The Morgan fingerprint density at radius 1 is 0.955 bits per heavy atom. The molecular formula is C17H11Cl2NO2. The zero-order valence-electron chi connectivity index (χ0n) is 11.3. The van der Waals surface area contributed by atoms with E-state index in [-0.39, 0.29) is 11.7 Å². The maximum Gasteiger partial charge on any atom is 0.255 e. The number of amides is 1. The lowest BCUT2D eigenvalue weighted by atomic mass is 10.1. The van der Waals surface area contributed by atoms with Crippen LogP contribution in [0, 0.1) is 0 Å². The van der Waals surface area contributed by atoms with Gasteiger partial charge in [-0.15, -0.1) is 0 Å². The average Bonchev–Trinajstić information content (AvgIpc) is 2.52. The van der Waals surface area contributed by atoms with Gasteiger partial charge in [-0.25, -0.2) is 0 Å². The molecule has 0 fully saturated rings. The van der Waals surface area contributed by atoms with E-state index in [2.05, 4.69) is 5.32 Å². The van der Waals surface area contributed by atoms with Crippen molar-refractivity contribution in [1.82, 2.24) is 0 Å². The largest absolute Gasteiger partial charge is 0.506 e. The highest BCUT2D eigenvalue weighted by atomic mass is 35.5. The molecule has 3 nitrogen and oxygen atoms in total. The highest BCUT2D eigenvalue weighted by molar-refractivity contribution is 6.42. The molecule has 110 valence electrons. The summed E-state index contributed by atoms with van der Waals surface area (Å²) in [5, 5.41) is 15.1. The van der Waals surface area contributed by atoms with Crippen molar-refractivity contribution < 1.29 is 9.90 Å². The Morgan fingerprint density at radius 3 is 2.50 bits per heavy atom. The fraction of sp³-hybridized carbons (Fsp3) is 0. The standard InChI is InChI=1S/C17H11Cl2NO2/c18-13-7-5-11(9-14(13)19)17(22)20-16-12-4-2-1-3-10(12)6-8-15(16)21/h1-9,21H,(H,20,22). The monoisotopic (exact) mass is 331 g/mol. The highest BCUT2D eigenvalue weighted by Crippen LogP contribution is 2.33. The number of nitrogens with one attached hydrogen (secondary N) is 1. The summed E-state index contributed by atoms with van der Waals surface area (Å²) < 4.78 is 0. The van der Waals surface area contributed by atoms with E-state index < -0.39 is 0 Å². The fourth-order valence-electron chi connectivity index (χ4n) is 2.21. The number of rotatable bonds is 2. The zero-order chi connectivity index (χ0) is 15.7. The molecule has 0 aliphatic heterocycles. The van der Waals surface area contributed by atoms with Gasteiger partial charge in [0.25, 0.3) is 5.91 Å². The van der Waals surface area contributed by atoms with Crippen molar-refractivity contribution in [3.8, 4) is 5.75 Å². The molecule has 0 aliphatic carbocycles. The Labute approximate surface area is 137 Å². The molecule has 0 atom stereocenters. The smallest absolute Gasteiger partial charge is 0.255 e. The van der Waals surface area contributed by atoms with E-state index in [1.807, 2.05) is 24.3 Å². The fourth-order valence-corrected chi connectivity index (χ4v) is 2.51. The molecule has 0 radical (unpaired) electrons. The molecule has 0 aliphatic rings. The van der Waals surface area contributed by atoms with Crippen LogP contribution in [0.4, 0.5) is 5.69 Å². The number of carbonyl (C=O) groups is 1. The van der Waals surface area contributed by atoms with Gasteiger partial charge in [-0.1, -0.05) is 53.5 Å². The van der Waals surface area contributed by atoms with Gasteiger partial charge in [0, 0.05) is 10.9 Å². The number of phenols is 1. The van der Waals surface area contributed by atoms with Crippen LogP contribution in [0.1, 0.15) is 10.4 Å². The molecule has 0 saturated carbocycles. The molecule has 0 bridgehead atoms. The number of fused-ring (bicyclic) bond motifs is 1. The second kappa shape index (κ2) is 5.87. The molecule has 0 unspecified atom stereocenters. The summed E-state index contributed by atoms with van der Waals surface area (Å²) in [4.78, 5) is 12.3. The van der Waals surface area contributed by atoms with Crippen molar-refractivity contribution in [1.29, 1.82) is 0 Å². The number of anilines is 1. The number of aromatic hydroxyl groups is 1. The van der Waals surface area contributed by atoms with Crippen LogP contribution < -0.4 is 5.32 Å². The van der Waals surface area contributed by atoms with Crippen molar-refractivity contribution in [2.45, 2.75) is 0 Å². The Kier molecular flexibility index (Phi) is 3.92. The summed E-state index contributed by atoms with van der Waals surface area (Å²) in [5.74, 6) is -0.364. The summed E-state index contributed by atoms with van der Waals surface area (Å²) in [6.45, 7) is 0. The van der Waals surface area contributed by atoms with Crippen LogP contribution in [0.5, 0.6) is 5.75 Å². The van der Waals surface area contributed by atoms with Crippen molar-refractivity contribution in [2.75, 3.05) is 5.32 Å². The molecule has 1 amide bonds. The van der Waals surface area contributed by atoms with Crippen LogP contribution in [0.3, 0.4) is 0 Å². The first kappa shape index (κ1) is 14.7. The molecule has 0 heterocycles. The Bertz CT molecular complexity index is 878. The third-order valence-corrected chi connectivity index (χ3v) is 4.07. The predicted molar refractivity (Wildman–Crippen MR) is 90.0 cm³/mol. The molecule has 3 rings (SSSR count). The number of phenolic OH excluding ortho intramolecular Hbond substituents is 1. The van der Waals surface area contributed by atoms with Crippen LogP contribution in [0.25, 0.3) is 10.8 Å². The van der Waals surface area contributed by atoms with E-state index in [0.29, 0.717) is 21.3 Å². The first-order valence-electron chi connectivity index (χ1n) is 6.53. The van der Waals surface area contributed by atoms with Gasteiger partial charge in [0.1, 0.15) is 5.75 Å². The lowest BCUT2D eigenvalue weighted by molar-refractivity contribution is 0.102. The maximum atomic E-state index is 12.3. The maximum absolute atomic E-state index is 12.3. The molecule has 5 heteroatoms. The van der Waals surface area contributed by atoms with Crippen LogP contribution in [0.15, 0.2) is 54.6 Å². The van der Waals surface area contributed by atoms with Crippen molar-refractivity contribution in [3.05, 3.63) is 70.2 Å². The number of hydrogen-bond acceptors (Lipinski definition) is 2. The van der Waals surface area contributed by atoms with Gasteiger partial charge < -0.3 is 10.4 Å². The minimum Gasteiger partial charge on any atom is -0.506 e. The van der Waals surface area contributed by atoms with E-state index in [1.165, 1.54) is 6.07 Å². The summed E-state index contributed by atoms with van der Waals surface area (Å²) in [6.07, 6.45) is 0. The van der Waals surface area contributed by atoms with Gasteiger partial charge in [-0.05, 0) is 29.7 Å². The third-order valence-electron chi connectivity index (χ3n) is 3.33. The molecular weight excluding hydrogens is 321 g/mol. The number of carbonyl (C=O) groups excluding carboxylic acids is 1. The second-order valence-electron chi connectivity index (χ2n) is 4.76. The number of hydrogen-bond donors (Lipinski definition) is 2. The van der Waals surface area contributed by atoms with Crippen LogP contribution in [0.2, 0.25) is 10.0 Å². The number of benzene rings is 3. The lowest BCUT2D eigenvalue weighted by Gasteiger charge is -2.11. The van der Waals surface area contributed by atoms with Crippen molar-refractivity contribution >= 4 is 45.6 Å². The quantitative estimate of drug-likeness (QED) is 0.641. The van der Waals surface area contributed by atoms with Gasteiger partial charge >= 0.3 is 0 Å². The first-order valence-corrected chi connectivity index (χ1v) is 7.29. The van der Waals surface area contributed by atoms with E-state index >= 15 is 0 Å². The van der Waals surface area contributed by atoms with Crippen molar-refractivity contribution in [3.63, 3.8) is 0 Å². The van der Waals surface area contributed by atoms with E-state index in [4.69, 9.17) is 23.2 Å². The van der Waals surface area contributed by atoms with Crippen LogP contribution in [-0.4, -0.2) is 11.0 Å². The Hall–Kier alpha value is -2.23. The molecule has 2 N–H and O–H groups in total. The SMILES string of the molecule is O=C(Nc1c(O)ccc2ccccc12)c1ccc(Cl)c(Cl)c1. The van der Waals surface area contributed by atoms with E-state index in [1.54, 1.807) is 24.3 Å². The first-order chi connectivity index (χ1) is 10.6. The van der Waals surface area contributed by atoms with Gasteiger partial charge in [0.2, 0.25) is 0 Å². The summed E-state index contributed by atoms with van der Waals surface area (Å²) >= 11 is 11.8. The molecule has 22 heavy (non-hydrogen) atoms. The minimum atomic E-state index is -0.370. The normalized spacial score (nSPS) is 10.6. The Morgan fingerprint density at radius 2 is 1.73 bits per heavy atom. The van der Waals surface area contributed by atoms with Gasteiger partial charge in [0.05, 0.1) is 15.7 Å². The van der Waals surface area contributed by atoms with Gasteiger partial charge in [-0.2, -0.15) is 0 Å². The molecule has 0 saturated heterocycles. The summed E-state index contributed by atoms with van der Waals surface area (Å²) in [7, 11) is 0. The predicted octanol–water partition coefficient (Wildman–Crippen LogP) is 5.10. The lowest BCUT2D eigenvalue weighted by Crippen LogP contribution is -2.12. The van der Waals surface area contributed by atoms with Crippen LogP contribution >= 0.6 is 23.2 Å².